The van der Waals surface area contributed by atoms with Crippen LogP contribution in [0, 0.1) is 6.92 Å². The Bertz CT molecular complexity index is 580. The summed E-state index contributed by atoms with van der Waals surface area (Å²) in [6.07, 6.45) is 2.58. The SMILES string of the molecule is Cc1ccc2c(C[C@@H](C)NCC(F)(F)CO)c[nH]c2c1. The van der Waals surface area contributed by atoms with Crippen LogP contribution in [0.4, 0.5) is 8.78 Å². The topological polar surface area (TPSA) is 48.0 Å². The number of fused-ring (bicyclic) bond motifs is 1. The van der Waals surface area contributed by atoms with Crippen molar-refractivity contribution in [2.75, 3.05) is 13.2 Å². The van der Waals surface area contributed by atoms with Gasteiger partial charge >= 0.3 is 0 Å². The van der Waals surface area contributed by atoms with Crippen molar-refractivity contribution in [1.29, 1.82) is 0 Å². The zero-order valence-electron chi connectivity index (χ0n) is 11.7. The number of halogens is 2. The number of aryl methyl sites for hydroxylation is 1. The second-order valence-corrected chi connectivity index (χ2v) is 5.36. The molecule has 0 saturated carbocycles. The summed E-state index contributed by atoms with van der Waals surface area (Å²) >= 11 is 0. The Balaban J connectivity index is 2.01. The number of hydrogen-bond donors (Lipinski definition) is 3. The number of aromatic nitrogens is 1. The predicted octanol–water partition coefficient (Wildman–Crippen LogP) is 2.62. The van der Waals surface area contributed by atoms with Gasteiger partial charge in [-0.3, -0.25) is 0 Å². The molecular weight excluding hydrogens is 262 g/mol. The quantitative estimate of drug-likeness (QED) is 0.763. The molecule has 0 unspecified atom stereocenters. The molecule has 5 heteroatoms. The van der Waals surface area contributed by atoms with Crippen LogP contribution in [0.3, 0.4) is 0 Å². The van der Waals surface area contributed by atoms with Crippen LogP contribution < -0.4 is 5.32 Å². The zero-order valence-corrected chi connectivity index (χ0v) is 11.7. The molecule has 3 N–H and O–H groups in total. The summed E-state index contributed by atoms with van der Waals surface area (Å²) in [6, 6.07) is 6.06. The number of rotatable bonds is 6. The molecule has 0 amide bonds. The van der Waals surface area contributed by atoms with Crippen LogP contribution in [0.15, 0.2) is 24.4 Å². The second kappa shape index (κ2) is 5.89. The van der Waals surface area contributed by atoms with Gasteiger partial charge in [-0.2, -0.15) is 0 Å². The molecule has 3 nitrogen and oxygen atoms in total. The Morgan fingerprint density at radius 1 is 1.40 bits per heavy atom. The van der Waals surface area contributed by atoms with Crippen molar-refractivity contribution in [2.24, 2.45) is 0 Å². The number of aliphatic hydroxyl groups excluding tert-OH is 1. The van der Waals surface area contributed by atoms with Crippen molar-refractivity contribution >= 4 is 10.9 Å². The Kier molecular flexibility index (Phi) is 4.40. The molecule has 0 bridgehead atoms. The minimum absolute atomic E-state index is 0.0901. The Labute approximate surface area is 117 Å². The molecule has 0 fully saturated rings. The van der Waals surface area contributed by atoms with E-state index in [0.29, 0.717) is 6.42 Å². The molecule has 0 saturated heterocycles. The highest BCUT2D eigenvalue weighted by Gasteiger charge is 2.27. The van der Waals surface area contributed by atoms with Gasteiger partial charge in [-0.15, -0.1) is 0 Å². The summed E-state index contributed by atoms with van der Waals surface area (Å²) < 4.78 is 25.9. The second-order valence-electron chi connectivity index (χ2n) is 5.36. The highest BCUT2D eigenvalue weighted by Crippen LogP contribution is 2.21. The van der Waals surface area contributed by atoms with E-state index in [0.717, 1.165) is 16.5 Å². The first kappa shape index (κ1) is 14.9. The van der Waals surface area contributed by atoms with Crippen LogP contribution >= 0.6 is 0 Å². The van der Waals surface area contributed by atoms with Gasteiger partial charge in [0, 0.05) is 23.1 Å². The van der Waals surface area contributed by atoms with E-state index in [4.69, 9.17) is 5.11 Å². The maximum atomic E-state index is 13.0. The van der Waals surface area contributed by atoms with Crippen LogP contribution in [-0.4, -0.2) is 35.2 Å². The molecule has 0 radical (unpaired) electrons. The Morgan fingerprint density at radius 2 is 2.15 bits per heavy atom. The van der Waals surface area contributed by atoms with E-state index in [9.17, 15) is 8.78 Å². The summed E-state index contributed by atoms with van der Waals surface area (Å²) in [4.78, 5) is 3.20. The van der Waals surface area contributed by atoms with Gasteiger partial charge in [0.2, 0.25) is 0 Å². The lowest BCUT2D eigenvalue weighted by Crippen LogP contribution is -2.40. The minimum atomic E-state index is -3.06. The third kappa shape index (κ3) is 3.55. The average molecular weight is 282 g/mol. The summed E-state index contributed by atoms with van der Waals surface area (Å²) in [5.74, 6) is -3.06. The number of nitrogens with one attached hydrogen (secondary N) is 2. The monoisotopic (exact) mass is 282 g/mol. The zero-order chi connectivity index (χ0) is 14.8. The van der Waals surface area contributed by atoms with E-state index in [-0.39, 0.29) is 6.04 Å². The summed E-state index contributed by atoms with van der Waals surface area (Å²) in [6.45, 7) is 2.26. The van der Waals surface area contributed by atoms with E-state index in [1.807, 2.05) is 32.2 Å². The van der Waals surface area contributed by atoms with Crippen LogP contribution in [0.5, 0.6) is 0 Å². The molecule has 1 aromatic heterocycles. The first-order valence-electron chi connectivity index (χ1n) is 6.70. The highest BCUT2D eigenvalue weighted by atomic mass is 19.3. The smallest absolute Gasteiger partial charge is 0.282 e. The van der Waals surface area contributed by atoms with Gasteiger partial charge in [0.1, 0.15) is 6.61 Å². The van der Waals surface area contributed by atoms with Gasteiger partial charge in [0.15, 0.2) is 0 Å². The van der Waals surface area contributed by atoms with Gasteiger partial charge in [-0.25, -0.2) is 8.78 Å². The molecule has 2 aromatic rings. The van der Waals surface area contributed by atoms with Gasteiger partial charge in [-0.05, 0) is 37.5 Å². The standard InChI is InChI=1S/C15H20F2N2O/c1-10-3-4-13-12(7-18-14(13)5-10)6-11(2)19-8-15(16,17)9-20/h3-5,7,11,18-20H,6,8-9H2,1-2H3/t11-/m1/s1. The summed E-state index contributed by atoms with van der Waals surface area (Å²) in [5, 5.41) is 12.4. The van der Waals surface area contributed by atoms with Crippen LogP contribution in [0.25, 0.3) is 10.9 Å². The molecule has 0 aliphatic carbocycles. The van der Waals surface area contributed by atoms with Gasteiger partial charge in [-0.1, -0.05) is 12.1 Å². The lowest BCUT2D eigenvalue weighted by atomic mass is 10.0. The van der Waals surface area contributed by atoms with Gasteiger partial charge in [0.05, 0.1) is 6.54 Å². The first-order chi connectivity index (χ1) is 9.41. The van der Waals surface area contributed by atoms with E-state index in [2.05, 4.69) is 16.4 Å². The van der Waals surface area contributed by atoms with Crippen LogP contribution in [-0.2, 0) is 6.42 Å². The summed E-state index contributed by atoms with van der Waals surface area (Å²) in [7, 11) is 0. The third-order valence-electron chi connectivity index (χ3n) is 3.39. The van der Waals surface area contributed by atoms with Gasteiger partial charge < -0.3 is 15.4 Å². The van der Waals surface area contributed by atoms with Crippen molar-refractivity contribution in [2.45, 2.75) is 32.2 Å². The van der Waals surface area contributed by atoms with Crippen molar-refractivity contribution < 1.29 is 13.9 Å². The molecule has 1 heterocycles. The maximum absolute atomic E-state index is 13.0. The molecule has 1 aromatic carbocycles. The highest BCUT2D eigenvalue weighted by molar-refractivity contribution is 5.83. The molecular formula is C15H20F2N2O. The fourth-order valence-corrected chi connectivity index (χ4v) is 2.25. The van der Waals surface area contributed by atoms with Crippen molar-refractivity contribution in [1.82, 2.24) is 10.3 Å². The van der Waals surface area contributed by atoms with E-state index < -0.39 is 19.1 Å². The van der Waals surface area contributed by atoms with E-state index in [1.54, 1.807) is 0 Å². The minimum Gasteiger partial charge on any atom is -0.390 e. The molecule has 20 heavy (non-hydrogen) atoms. The predicted molar refractivity (Wildman–Crippen MR) is 76.2 cm³/mol. The molecule has 110 valence electrons. The van der Waals surface area contributed by atoms with Crippen molar-refractivity contribution in [3.8, 4) is 0 Å². The maximum Gasteiger partial charge on any atom is 0.282 e. The van der Waals surface area contributed by atoms with Crippen molar-refractivity contribution in [3.63, 3.8) is 0 Å². The molecule has 0 spiro atoms. The molecule has 1 atom stereocenters. The third-order valence-corrected chi connectivity index (χ3v) is 3.39. The van der Waals surface area contributed by atoms with E-state index in [1.165, 1.54) is 5.56 Å². The fraction of sp³-hybridized carbons (Fsp3) is 0.467. The number of alkyl halides is 2. The fourth-order valence-electron chi connectivity index (χ4n) is 2.25. The lowest BCUT2D eigenvalue weighted by molar-refractivity contribution is -0.0490. The molecule has 2 rings (SSSR count). The Morgan fingerprint density at radius 3 is 2.85 bits per heavy atom. The number of aliphatic hydroxyl groups is 1. The number of hydrogen-bond acceptors (Lipinski definition) is 2. The van der Waals surface area contributed by atoms with Crippen molar-refractivity contribution in [3.05, 3.63) is 35.5 Å². The normalized spacial score (nSPS) is 13.8. The average Bonchev–Trinajstić information content (AvgIpc) is 2.79. The summed E-state index contributed by atoms with van der Waals surface area (Å²) in [5.41, 5.74) is 3.35. The molecule has 0 aliphatic heterocycles. The lowest BCUT2D eigenvalue weighted by Gasteiger charge is -2.18. The van der Waals surface area contributed by atoms with Crippen LogP contribution in [0.1, 0.15) is 18.1 Å². The number of aromatic amines is 1. The number of benzene rings is 1. The molecule has 0 aliphatic rings. The first-order valence-corrected chi connectivity index (χ1v) is 6.70. The largest absolute Gasteiger partial charge is 0.390 e. The van der Waals surface area contributed by atoms with Crippen LogP contribution in [0.2, 0.25) is 0 Å². The van der Waals surface area contributed by atoms with E-state index >= 15 is 0 Å². The number of H-pyrrole nitrogens is 1. The Hall–Kier alpha value is -1.46. The van der Waals surface area contributed by atoms with Gasteiger partial charge in [0.25, 0.3) is 5.92 Å².